The molecule has 0 fully saturated rings. The van der Waals surface area contributed by atoms with Crippen molar-refractivity contribution < 1.29 is 4.74 Å². The molecule has 0 atom stereocenters. The lowest BCUT2D eigenvalue weighted by Gasteiger charge is -2.18. The van der Waals surface area contributed by atoms with Crippen LogP contribution >= 0.6 is 0 Å². The zero-order chi connectivity index (χ0) is 17.4. The van der Waals surface area contributed by atoms with Crippen LogP contribution in [0.2, 0.25) is 0 Å². The normalized spacial score (nSPS) is 13.0. The molecule has 0 saturated heterocycles. The Morgan fingerprint density at radius 3 is 1.96 bits per heavy atom. The molecule has 1 rings (SSSR count). The van der Waals surface area contributed by atoms with Crippen LogP contribution in [-0.2, 0) is 0 Å². The van der Waals surface area contributed by atoms with E-state index in [-0.39, 0.29) is 6.04 Å². The maximum atomic E-state index is 5.24. The first-order valence-corrected chi connectivity index (χ1v) is 8.28. The van der Waals surface area contributed by atoms with Gasteiger partial charge in [0.25, 0.3) is 0 Å². The Balaban J connectivity index is 3.19. The highest BCUT2D eigenvalue weighted by Crippen LogP contribution is 2.17. The van der Waals surface area contributed by atoms with Crippen molar-refractivity contribution in [2.45, 2.75) is 59.7 Å². The zero-order valence-electron chi connectivity index (χ0n) is 15.5. The van der Waals surface area contributed by atoms with E-state index in [1.807, 2.05) is 12.1 Å². The zero-order valence-corrected chi connectivity index (χ0v) is 15.5. The summed E-state index contributed by atoms with van der Waals surface area (Å²) in [6, 6.07) is 8.97. The van der Waals surface area contributed by atoms with Crippen molar-refractivity contribution in [3.8, 4) is 5.75 Å². The van der Waals surface area contributed by atoms with Crippen LogP contribution in [0.15, 0.2) is 35.3 Å². The minimum absolute atomic E-state index is 0.240. The third kappa shape index (κ3) is 7.22. The molecule has 0 unspecified atom stereocenters. The standard InChI is InChI=1S/C19H31N3O/c1-13(2)20-18(16-8-10-17(23-7)11-9-16)12-19(21-14(3)4)22-15(5)6/h8-15,20H,1-7H3,(H,21,22)/b18-12-. The Bertz CT molecular complexity index is 528. The van der Waals surface area contributed by atoms with Gasteiger partial charge in [0.15, 0.2) is 0 Å². The SMILES string of the molecule is COc1ccc(/C(=C/C(=NC(C)C)NC(C)C)NC(C)C)cc1. The second kappa shape index (κ2) is 9.23. The number of nitrogens with zero attached hydrogens (tertiary/aromatic N) is 1. The summed E-state index contributed by atoms with van der Waals surface area (Å²) in [5.74, 6) is 1.75. The molecule has 23 heavy (non-hydrogen) atoms. The molecule has 0 aromatic heterocycles. The lowest BCUT2D eigenvalue weighted by molar-refractivity contribution is 0.415. The topological polar surface area (TPSA) is 45.6 Å². The molecule has 0 aliphatic heterocycles. The first-order valence-electron chi connectivity index (χ1n) is 8.28. The maximum absolute atomic E-state index is 5.24. The van der Waals surface area contributed by atoms with E-state index >= 15 is 0 Å². The Morgan fingerprint density at radius 2 is 1.52 bits per heavy atom. The number of amidine groups is 1. The molecule has 4 heteroatoms. The number of hydrogen-bond acceptors (Lipinski definition) is 3. The van der Waals surface area contributed by atoms with Gasteiger partial charge < -0.3 is 15.4 Å². The molecule has 2 N–H and O–H groups in total. The van der Waals surface area contributed by atoms with Crippen molar-refractivity contribution in [1.82, 2.24) is 10.6 Å². The highest BCUT2D eigenvalue weighted by atomic mass is 16.5. The van der Waals surface area contributed by atoms with Gasteiger partial charge in [-0.1, -0.05) is 0 Å². The first-order chi connectivity index (χ1) is 10.8. The number of methoxy groups -OCH3 is 1. The summed E-state index contributed by atoms with van der Waals surface area (Å²) in [6.07, 6.45) is 2.09. The van der Waals surface area contributed by atoms with Crippen molar-refractivity contribution in [2.75, 3.05) is 7.11 Å². The summed E-state index contributed by atoms with van der Waals surface area (Å²) < 4.78 is 5.24. The quantitative estimate of drug-likeness (QED) is 0.593. The third-order valence-electron chi connectivity index (χ3n) is 2.96. The van der Waals surface area contributed by atoms with Gasteiger partial charge in [0.05, 0.1) is 7.11 Å². The number of ether oxygens (including phenoxy) is 1. The highest BCUT2D eigenvalue weighted by molar-refractivity contribution is 5.99. The molecule has 0 bridgehead atoms. The fourth-order valence-corrected chi connectivity index (χ4v) is 2.12. The minimum atomic E-state index is 0.240. The molecule has 0 heterocycles. The van der Waals surface area contributed by atoms with Gasteiger partial charge in [-0.3, -0.25) is 4.99 Å². The van der Waals surface area contributed by atoms with Crippen LogP contribution in [0, 0.1) is 0 Å². The van der Waals surface area contributed by atoms with Gasteiger partial charge in [0.1, 0.15) is 11.6 Å². The third-order valence-corrected chi connectivity index (χ3v) is 2.96. The Morgan fingerprint density at radius 1 is 0.957 bits per heavy atom. The predicted octanol–water partition coefficient (Wildman–Crippen LogP) is 3.84. The summed E-state index contributed by atoms with van der Waals surface area (Å²) in [6.45, 7) is 12.7. The summed E-state index contributed by atoms with van der Waals surface area (Å²) in [5, 5.41) is 6.93. The van der Waals surface area contributed by atoms with Crippen LogP contribution in [-0.4, -0.2) is 31.1 Å². The molecular formula is C19H31N3O. The fourth-order valence-electron chi connectivity index (χ4n) is 2.12. The van der Waals surface area contributed by atoms with Crippen molar-refractivity contribution >= 4 is 11.5 Å². The summed E-state index contributed by atoms with van der Waals surface area (Å²) in [4.78, 5) is 4.69. The first kappa shape index (κ1) is 19.1. The van der Waals surface area contributed by atoms with Crippen LogP contribution < -0.4 is 15.4 Å². The van der Waals surface area contributed by atoms with E-state index in [0.717, 1.165) is 22.8 Å². The van der Waals surface area contributed by atoms with E-state index in [2.05, 4.69) is 75.4 Å². The van der Waals surface area contributed by atoms with E-state index in [0.29, 0.717) is 12.1 Å². The molecule has 0 aliphatic rings. The second-order valence-electron chi connectivity index (χ2n) is 6.49. The molecule has 0 spiro atoms. The van der Waals surface area contributed by atoms with Gasteiger partial charge in [-0.25, -0.2) is 0 Å². The van der Waals surface area contributed by atoms with Crippen LogP contribution in [0.25, 0.3) is 5.70 Å². The van der Waals surface area contributed by atoms with E-state index in [4.69, 9.17) is 4.74 Å². The summed E-state index contributed by atoms with van der Waals surface area (Å²) >= 11 is 0. The molecule has 4 nitrogen and oxygen atoms in total. The van der Waals surface area contributed by atoms with Crippen LogP contribution in [0.5, 0.6) is 5.75 Å². The number of nitrogens with one attached hydrogen (secondary N) is 2. The van der Waals surface area contributed by atoms with Crippen molar-refractivity contribution in [2.24, 2.45) is 4.99 Å². The highest BCUT2D eigenvalue weighted by Gasteiger charge is 2.07. The van der Waals surface area contributed by atoms with E-state index in [1.165, 1.54) is 0 Å². The number of rotatable bonds is 7. The fraction of sp³-hybridized carbons (Fsp3) is 0.526. The van der Waals surface area contributed by atoms with Gasteiger partial charge in [0.2, 0.25) is 0 Å². The van der Waals surface area contributed by atoms with Gasteiger partial charge in [-0.05, 0) is 71.4 Å². The molecular weight excluding hydrogens is 286 g/mol. The van der Waals surface area contributed by atoms with E-state index in [1.54, 1.807) is 7.11 Å². The molecule has 0 amide bonds. The van der Waals surface area contributed by atoms with Gasteiger partial charge >= 0.3 is 0 Å². The minimum Gasteiger partial charge on any atom is -0.497 e. The van der Waals surface area contributed by atoms with E-state index < -0.39 is 0 Å². The maximum Gasteiger partial charge on any atom is 0.123 e. The molecule has 1 aromatic rings. The lowest BCUT2D eigenvalue weighted by atomic mass is 10.1. The van der Waals surface area contributed by atoms with Crippen molar-refractivity contribution in [3.05, 3.63) is 35.9 Å². The van der Waals surface area contributed by atoms with Crippen LogP contribution in [0.4, 0.5) is 0 Å². The molecule has 0 aliphatic carbocycles. The van der Waals surface area contributed by atoms with Gasteiger partial charge in [-0.2, -0.15) is 0 Å². The number of benzene rings is 1. The monoisotopic (exact) mass is 317 g/mol. The average molecular weight is 317 g/mol. The van der Waals surface area contributed by atoms with Gasteiger partial charge in [0, 0.05) is 29.9 Å². The molecule has 128 valence electrons. The Kier molecular flexibility index (Phi) is 7.66. The predicted molar refractivity (Wildman–Crippen MR) is 100 cm³/mol. The van der Waals surface area contributed by atoms with Crippen molar-refractivity contribution in [3.63, 3.8) is 0 Å². The summed E-state index contributed by atoms with van der Waals surface area (Å²) in [7, 11) is 1.68. The lowest BCUT2D eigenvalue weighted by Crippen LogP contribution is -2.31. The van der Waals surface area contributed by atoms with E-state index in [9.17, 15) is 0 Å². The Hall–Kier alpha value is -1.97. The number of hydrogen-bond donors (Lipinski definition) is 2. The molecule has 1 aromatic carbocycles. The number of aliphatic imine (C=N–C) groups is 1. The smallest absolute Gasteiger partial charge is 0.123 e. The van der Waals surface area contributed by atoms with Crippen LogP contribution in [0.1, 0.15) is 47.1 Å². The molecule has 0 radical (unpaired) electrons. The molecule has 0 saturated carbocycles. The van der Waals surface area contributed by atoms with Gasteiger partial charge in [-0.15, -0.1) is 0 Å². The largest absolute Gasteiger partial charge is 0.497 e. The van der Waals surface area contributed by atoms with Crippen LogP contribution in [0.3, 0.4) is 0 Å². The second-order valence-corrected chi connectivity index (χ2v) is 6.49. The summed E-state index contributed by atoms with van der Waals surface area (Å²) in [5.41, 5.74) is 2.16. The average Bonchev–Trinajstić information content (AvgIpc) is 2.44. The van der Waals surface area contributed by atoms with Crippen molar-refractivity contribution in [1.29, 1.82) is 0 Å². The Labute approximate surface area is 141 Å².